The number of carbonyl (C=O) groups excluding carboxylic acids is 4. The molecule has 0 spiro atoms. The fourth-order valence-corrected chi connectivity index (χ4v) is 3.29. The molecule has 2 atom stereocenters. The van der Waals surface area contributed by atoms with Crippen molar-refractivity contribution in [2.24, 2.45) is 0 Å². The van der Waals surface area contributed by atoms with E-state index in [4.69, 9.17) is 35.3 Å². The number of aryl methyl sites for hydroxylation is 1. The van der Waals surface area contributed by atoms with E-state index in [9.17, 15) is 19.2 Å². The summed E-state index contributed by atoms with van der Waals surface area (Å²) in [6.07, 6.45) is -2.86. The third-order valence-electron chi connectivity index (χ3n) is 4.70. The Bertz CT molecular complexity index is 974. The second kappa shape index (κ2) is 14.1. The maximum atomic E-state index is 13.2. The zero-order valence-corrected chi connectivity index (χ0v) is 24.2. The number of carbonyl (C=O) groups is 4. The van der Waals surface area contributed by atoms with Crippen molar-refractivity contribution >= 4 is 35.5 Å². The molecule has 0 aliphatic carbocycles. The molecule has 0 aromatic heterocycles. The van der Waals surface area contributed by atoms with Crippen LogP contribution in [0, 0.1) is 6.92 Å². The fraction of sp³-hybridized carbons (Fsp3) is 0.615. The average Bonchev–Trinajstić information content (AvgIpc) is 2.78. The standard InChI is InChI=1S/C26H39ClN2O9/c1-15-10-18(34-8)16(19(11-15)35-9)14-28-22(31)20(36-21(30)13-27)12-17(23(32)37-25(2,3)4)29-24(33)38-26(5,6)7/h10-11,17,20H,12-14H2,1-9H3,(H,28,31)(H,29,33)/t17-,20?/m0/s1. The summed E-state index contributed by atoms with van der Waals surface area (Å²) in [6, 6.07) is 2.17. The zero-order valence-electron chi connectivity index (χ0n) is 23.5. The number of hydrogen-bond donors (Lipinski definition) is 2. The van der Waals surface area contributed by atoms with E-state index >= 15 is 0 Å². The molecule has 0 bridgehead atoms. The summed E-state index contributed by atoms with van der Waals surface area (Å²) in [7, 11) is 2.97. The normalized spacial score (nSPS) is 13.0. The second-order valence-corrected chi connectivity index (χ2v) is 10.7. The van der Waals surface area contributed by atoms with Gasteiger partial charge in [-0.25, -0.2) is 9.59 Å². The molecule has 0 aliphatic heterocycles. The van der Waals surface area contributed by atoms with E-state index in [1.165, 1.54) is 14.2 Å². The number of halogens is 1. The van der Waals surface area contributed by atoms with Gasteiger partial charge in [-0.3, -0.25) is 9.59 Å². The first-order valence-corrected chi connectivity index (χ1v) is 12.5. The molecule has 38 heavy (non-hydrogen) atoms. The predicted octanol–water partition coefficient (Wildman–Crippen LogP) is 3.40. The SMILES string of the molecule is COc1cc(C)cc(OC)c1CNC(=O)C(C[C@H](NC(=O)OC(C)(C)C)C(=O)OC(C)(C)C)OC(=O)CCl. The van der Waals surface area contributed by atoms with E-state index in [0.717, 1.165) is 5.56 Å². The van der Waals surface area contributed by atoms with Crippen molar-refractivity contribution in [3.05, 3.63) is 23.3 Å². The summed E-state index contributed by atoms with van der Waals surface area (Å²) >= 11 is 5.59. The van der Waals surface area contributed by atoms with E-state index < -0.39 is 59.6 Å². The smallest absolute Gasteiger partial charge is 0.408 e. The average molecular weight is 559 g/mol. The number of esters is 2. The number of amides is 2. The minimum atomic E-state index is -1.50. The lowest BCUT2D eigenvalue weighted by Gasteiger charge is -2.28. The molecule has 0 aliphatic rings. The first kappa shape index (κ1) is 32.8. The molecular weight excluding hydrogens is 520 g/mol. The number of nitrogens with one attached hydrogen (secondary N) is 2. The molecule has 11 nitrogen and oxygen atoms in total. The fourth-order valence-electron chi connectivity index (χ4n) is 3.23. The monoisotopic (exact) mass is 558 g/mol. The van der Waals surface area contributed by atoms with Gasteiger partial charge in [-0.1, -0.05) is 0 Å². The number of methoxy groups -OCH3 is 2. The lowest BCUT2D eigenvalue weighted by Crippen LogP contribution is -2.50. The van der Waals surface area contributed by atoms with Crippen LogP contribution in [0.25, 0.3) is 0 Å². The van der Waals surface area contributed by atoms with Gasteiger partial charge in [-0.2, -0.15) is 0 Å². The van der Waals surface area contributed by atoms with Gasteiger partial charge in [0.05, 0.1) is 26.3 Å². The summed E-state index contributed by atoms with van der Waals surface area (Å²) in [5, 5.41) is 5.08. The summed E-state index contributed by atoms with van der Waals surface area (Å²) in [4.78, 5) is 50.6. The van der Waals surface area contributed by atoms with Crippen molar-refractivity contribution in [2.75, 3.05) is 20.1 Å². The zero-order chi connectivity index (χ0) is 29.3. The molecular formula is C26H39ClN2O9. The van der Waals surface area contributed by atoms with E-state index in [1.54, 1.807) is 53.7 Å². The Kier molecular flexibility index (Phi) is 12.2. The molecule has 2 amide bonds. The first-order chi connectivity index (χ1) is 17.5. The van der Waals surface area contributed by atoms with E-state index in [-0.39, 0.29) is 6.54 Å². The van der Waals surface area contributed by atoms with Crippen LogP contribution in [0.5, 0.6) is 11.5 Å². The summed E-state index contributed by atoms with van der Waals surface area (Å²) in [6.45, 7) is 11.7. The van der Waals surface area contributed by atoms with Crippen LogP contribution in [0.1, 0.15) is 59.1 Å². The topological polar surface area (TPSA) is 138 Å². The summed E-state index contributed by atoms with van der Waals surface area (Å²) < 4.78 is 26.7. The molecule has 1 aromatic carbocycles. The molecule has 1 rings (SSSR count). The van der Waals surface area contributed by atoms with Gasteiger partial charge in [0.15, 0.2) is 6.10 Å². The van der Waals surface area contributed by atoms with Crippen LogP contribution in [0.15, 0.2) is 12.1 Å². The van der Waals surface area contributed by atoms with Crippen LogP contribution in [0.2, 0.25) is 0 Å². The minimum absolute atomic E-state index is 0.0447. The molecule has 1 aromatic rings. The van der Waals surface area contributed by atoms with Crippen molar-refractivity contribution in [3.8, 4) is 11.5 Å². The van der Waals surface area contributed by atoms with Crippen molar-refractivity contribution < 1.29 is 42.9 Å². The van der Waals surface area contributed by atoms with Crippen LogP contribution in [-0.4, -0.2) is 67.4 Å². The highest BCUT2D eigenvalue weighted by Gasteiger charge is 2.35. The van der Waals surface area contributed by atoms with Gasteiger partial charge in [0, 0.05) is 6.42 Å². The number of alkyl halides is 1. The Balaban J connectivity index is 3.23. The van der Waals surface area contributed by atoms with Gasteiger partial charge < -0.3 is 34.3 Å². The van der Waals surface area contributed by atoms with Crippen molar-refractivity contribution in [1.29, 1.82) is 0 Å². The number of ether oxygens (including phenoxy) is 5. The van der Waals surface area contributed by atoms with Crippen LogP contribution in [0.4, 0.5) is 4.79 Å². The van der Waals surface area contributed by atoms with Crippen molar-refractivity contribution in [2.45, 2.75) is 84.8 Å². The third kappa shape index (κ3) is 11.5. The summed E-state index contributed by atoms with van der Waals surface area (Å²) in [5.41, 5.74) is -0.312. The largest absolute Gasteiger partial charge is 0.496 e. The first-order valence-electron chi connectivity index (χ1n) is 12.0. The minimum Gasteiger partial charge on any atom is -0.496 e. The Morgan fingerprint density at radius 1 is 0.921 bits per heavy atom. The highest BCUT2D eigenvalue weighted by molar-refractivity contribution is 6.26. The molecule has 0 fully saturated rings. The second-order valence-electron chi connectivity index (χ2n) is 10.4. The molecule has 214 valence electrons. The molecule has 2 N–H and O–H groups in total. The Morgan fingerprint density at radius 3 is 1.89 bits per heavy atom. The summed E-state index contributed by atoms with van der Waals surface area (Å²) in [5.74, 6) is -2.04. The molecule has 0 saturated carbocycles. The predicted molar refractivity (Wildman–Crippen MR) is 140 cm³/mol. The highest BCUT2D eigenvalue weighted by atomic mass is 35.5. The molecule has 0 heterocycles. The van der Waals surface area contributed by atoms with Crippen molar-refractivity contribution in [3.63, 3.8) is 0 Å². The maximum Gasteiger partial charge on any atom is 0.408 e. The van der Waals surface area contributed by atoms with E-state index in [1.807, 2.05) is 6.92 Å². The van der Waals surface area contributed by atoms with Gasteiger partial charge in [0.1, 0.15) is 34.6 Å². The van der Waals surface area contributed by atoms with Crippen LogP contribution >= 0.6 is 11.6 Å². The van der Waals surface area contributed by atoms with Gasteiger partial charge in [-0.05, 0) is 66.2 Å². The number of alkyl carbamates (subject to hydrolysis) is 1. The third-order valence-corrected chi connectivity index (χ3v) is 4.92. The number of rotatable bonds is 11. The Labute approximate surface area is 228 Å². The molecule has 1 unspecified atom stereocenters. The molecule has 0 radical (unpaired) electrons. The van der Waals surface area contributed by atoms with Gasteiger partial charge in [-0.15, -0.1) is 11.6 Å². The lowest BCUT2D eigenvalue weighted by molar-refractivity contribution is -0.162. The van der Waals surface area contributed by atoms with Crippen LogP contribution in [0.3, 0.4) is 0 Å². The van der Waals surface area contributed by atoms with Gasteiger partial charge >= 0.3 is 18.0 Å². The quantitative estimate of drug-likeness (QED) is 0.237. The number of benzene rings is 1. The van der Waals surface area contributed by atoms with Crippen LogP contribution in [-0.2, 0) is 35.1 Å². The van der Waals surface area contributed by atoms with E-state index in [0.29, 0.717) is 17.1 Å². The molecule has 12 heteroatoms. The van der Waals surface area contributed by atoms with Crippen molar-refractivity contribution in [1.82, 2.24) is 10.6 Å². The number of hydrogen-bond acceptors (Lipinski definition) is 9. The lowest BCUT2D eigenvalue weighted by atomic mass is 10.1. The highest BCUT2D eigenvalue weighted by Crippen LogP contribution is 2.30. The van der Waals surface area contributed by atoms with Gasteiger partial charge in [0.2, 0.25) is 0 Å². The Morgan fingerprint density at radius 2 is 1.45 bits per heavy atom. The van der Waals surface area contributed by atoms with Gasteiger partial charge in [0.25, 0.3) is 5.91 Å². The van der Waals surface area contributed by atoms with Crippen LogP contribution < -0.4 is 20.1 Å². The van der Waals surface area contributed by atoms with E-state index in [2.05, 4.69) is 10.6 Å². The maximum absolute atomic E-state index is 13.2. The Hall–Kier alpha value is -3.21. The molecule has 0 saturated heterocycles.